The number of hydrogen-bond acceptors (Lipinski definition) is 2. The van der Waals surface area contributed by atoms with Crippen LogP contribution in [0.4, 0.5) is 5.69 Å². The summed E-state index contributed by atoms with van der Waals surface area (Å²) in [4.78, 5) is 12.0. The van der Waals surface area contributed by atoms with Crippen molar-refractivity contribution in [2.45, 2.75) is 0 Å². The number of rotatable bonds is 2. The summed E-state index contributed by atoms with van der Waals surface area (Å²) in [6.45, 7) is 0. The van der Waals surface area contributed by atoms with Crippen LogP contribution in [0.15, 0.2) is 54.7 Å². The maximum atomic E-state index is 12.0. The minimum atomic E-state index is -0.127. The van der Waals surface area contributed by atoms with Crippen LogP contribution < -0.4 is 5.32 Å². The third kappa shape index (κ3) is 1.96. The normalized spacial score (nSPS) is 10.4. The molecule has 18 heavy (non-hydrogen) atoms. The average Bonchev–Trinajstić information content (AvgIpc) is 2.87. The first-order chi connectivity index (χ1) is 8.83. The Hall–Kier alpha value is -2.62. The first-order valence-corrected chi connectivity index (χ1v) is 5.62. The van der Waals surface area contributed by atoms with Crippen LogP contribution in [0.25, 0.3) is 10.9 Å². The molecule has 2 N–H and O–H groups in total. The molecule has 0 fully saturated rings. The molecule has 0 spiro atoms. The van der Waals surface area contributed by atoms with Crippen molar-refractivity contribution in [3.8, 4) is 0 Å². The molecular formula is C14H11N3O. The van der Waals surface area contributed by atoms with E-state index in [2.05, 4.69) is 15.5 Å². The molecule has 3 aromatic rings. The van der Waals surface area contributed by atoms with E-state index in [1.54, 1.807) is 18.3 Å². The summed E-state index contributed by atoms with van der Waals surface area (Å²) in [6, 6.07) is 14.8. The van der Waals surface area contributed by atoms with Gasteiger partial charge in [0.15, 0.2) is 0 Å². The fraction of sp³-hybridized carbons (Fsp3) is 0. The topological polar surface area (TPSA) is 57.8 Å². The van der Waals surface area contributed by atoms with Crippen molar-refractivity contribution in [3.05, 3.63) is 60.3 Å². The lowest BCUT2D eigenvalue weighted by atomic mass is 10.1. The number of nitrogens with zero attached hydrogens (tertiary/aromatic N) is 1. The number of nitrogens with one attached hydrogen (secondary N) is 2. The number of carbonyl (C=O) groups excluding carboxylic acids is 1. The van der Waals surface area contributed by atoms with E-state index in [-0.39, 0.29) is 5.91 Å². The number of amides is 1. The predicted molar refractivity (Wildman–Crippen MR) is 70.5 cm³/mol. The molecule has 0 bridgehead atoms. The van der Waals surface area contributed by atoms with Gasteiger partial charge in [-0.15, -0.1) is 0 Å². The Balaban J connectivity index is 1.87. The van der Waals surface area contributed by atoms with Crippen molar-refractivity contribution < 1.29 is 4.79 Å². The second kappa shape index (κ2) is 4.33. The molecule has 1 heterocycles. The van der Waals surface area contributed by atoms with Crippen LogP contribution in [-0.2, 0) is 0 Å². The number of carbonyl (C=O) groups is 1. The monoisotopic (exact) mass is 237 g/mol. The SMILES string of the molecule is O=C(Nc1ccccc1)c1ccc2cn[nH]c2c1. The Kier molecular flexibility index (Phi) is 2.53. The molecule has 0 aliphatic carbocycles. The lowest BCUT2D eigenvalue weighted by Gasteiger charge is -2.04. The zero-order chi connectivity index (χ0) is 12.4. The third-order valence-electron chi connectivity index (χ3n) is 2.74. The van der Waals surface area contributed by atoms with Crippen molar-refractivity contribution in [2.24, 2.45) is 0 Å². The highest BCUT2D eigenvalue weighted by atomic mass is 16.1. The molecule has 1 aromatic heterocycles. The lowest BCUT2D eigenvalue weighted by Crippen LogP contribution is -2.11. The second-order valence-corrected chi connectivity index (χ2v) is 3.99. The molecule has 3 rings (SSSR count). The smallest absolute Gasteiger partial charge is 0.255 e. The van der Waals surface area contributed by atoms with Crippen molar-refractivity contribution >= 4 is 22.5 Å². The van der Waals surface area contributed by atoms with Crippen molar-refractivity contribution in [3.63, 3.8) is 0 Å². The minimum Gasteiger partial charge on any atom is -0.322 e. The quantitative estimate of drug-likeness (QED) is 0.720. The van der Waals surface area contributed by atoms with Gasteiger partial charge in [-0.25, -0.2) is 0 Å². The summed E-state index contributed by atoms with van der Waals surface area (Å²) in [5.41, 5.74) is 2.25. The van der Waals surface area contributed by atoms with E-state index in [0.29, 0.717) is 5.56 Å². The van der Waals surface area contributed by atoms with Crippen LogP contribution in [0, 0.1) is 0 Å². The van der Waals surface area contributed by atoms with Gasteiger partial charge in [0.25, 0.3) is 5.91 Å². The van der Waals surface area contributed by atoms with Crippen LogP contribution in [0.2, 0.25) is 0 Å². The number of anilines is 1. The largest absolute Gasteiger partial charge is 0.322 e. The number of benzene rings is 2. The van der Waals surface area contributed by atoms with E-state index in [9.17, 15) is 4.79 Å². The summed E-state index contributed by atoms with van der Waals surface area (Å²) in [7, 11) is 0. The first kappa shape index (κ1) is 10.5. The Morgan fingerprint density at radius 2 is 1.94 bits per heavy atom. The molecular weight excluding hydrogens is 226 g/mol. The molecule has 2 aromatic carbocycles. The molecule has 0 radical (unpaired) electrons. The first-order valence-electron chi connectivity index (χ1n) is 5.62. The Bertz CT molecular complexity index is 688. The summed E-state index contributed by atoms with van der Waals surface area (Å²) < 4.78 is 0. The molecule has 1 amide bonds. The Morgan fingerprint density at radius 1 is 1.11 bits per heavy atom. The van der Waals surface area contributed by atoms with E-state index in [1.165, 1.54) is 0 Å². The van der Waals surface area contributed by atoms with Gasteiger partial charge in [-0.2, -0.15) is 5.10 Å². The van der Waals surface area contributed by atoms with Crippen molar-refractivity contribution in [1.29, 1.82) is 0 Å². The van der Waals surface area contributed by atoms with Gasteiger partial charge in [-0.05, 0) is 24.3 Å². The van der Waals surface area contributed by atoms with Crippen LogP contribution in [0.5, 0.6) is 0 Å². The Morgan fingerprint density at radius 3 is 2.78 bits per heavy atom. The zero-order valence-corrected chi connectivity index (χ0v) is 9.55. The van der Waals surface area contributed by atoms with Crippen LogP contribution in [0.3, 0.4) is 0 Å². The van der Waals surface area contributed by atoms with Gasteiger partial charge in [-0.1, -0.05) is 24.3 Å². The van der Waals surface area contributed by atoms with Gasteiger partial charge in [0.05, 0.1) is 11.7 Å². The lowest BCUT2D eigenvalue weighted by molar-refractivity contribution is 0.102. The maximum absolute atomic E-state index is 12.0. The number of H-pyrrole nitrogens is 1. The van der Waals surface area contributed by atoms with Gasteiger partial charge in [0.1, 0.15) is 0 Å². The molecule has 0 aliphatic rings. The van der Waals surface area contributed by atoms with E-state index in [4.69, 9.17) is 0 Å². The summed E-state index contributed by atoms with van der Waals surface area (Å²) in [5.74, 6) is -0.127. The van der Waals surface area contributed by atoms with E-state index < -0.39 is 0 Å². The number of para-hydroxylation sites is 1. The van der Waals surface area contributed by atoms with Crippen LogP contribution in [0.1, 0.15) is 10.4 Å². The van der Waals surface area contributed by atoms with Crippen molar-refractivity contribution in [2.75, 3.05) is 5.32 Å². The fourth-order valence-electron chi connectivity index (χ4n) is 1.80. The van der Waals surface area contributed by atoms with Gasteiger partial charge in [-0.3, -0.25) is 9.89 Å². The number of aromatic nitrogens is 2. The molecule has 0 unspecified atom stereocenters. The highest BCUT2D eigenvalue weighted by Gasteiger charge is 2.07. The minimum absolute atomic E-state index is 0.127. The number of aromatic amines is 1. The molecule has 0 atom stereocenters. The van der Waals surface area contributed by atoms with Crippen LogP contribution >= 0.6 is 0 Å². The highest BCUT2D eigenvalue weighted by Crippen LogP contribution is 2.14. The van der Waals surface area contributed by atoms with Gasteiger partial charge >= 0.3 is 0 Å². The van der Waals surface area contributed by atoms with E-state index in [0.717, 1.165) is 16.6 Å². The molecule has 0 saturated heterocycles. The second-order valence-electron chi connectivity index (χ2n) is 3.99. The van der Waals surface area contributed by atoms with E-state index in [1.807, 2.05) is 36.4 Å². The highest BCUT2D eigenvalue weighted by molar-refractivity contribution is 6.06. The standard InChI is InChI=1S/C14H11N3O/c18-14(16-12-4-2-1-3-5-12)10-6-7-11-9-15-17-13(11)8-10/h1-9H,(H,15,17)(H,16,18). The zero-order valence-electron chi connectivity index (χ0n) is 9.55. The average molecular weight is 237 g/mol. The van der Waals surface area contributed by atoms with Gasteiger partial charge in [0.2, 0.25) is 0 Å². The molecule has 88 valence electrons. The molecule has 0 aliphatic heterocycles. The summed E-state index contributed by atoms with van der Waals surface area (Å²) >= 11 is 0. The van der Waals surface area contributed by atoms with E-state index >= 15 is 0 Å². The molecule has 4 nitrogen and oxygen atoms in total. The van der Waals surface area contributed by atoms with Gasteiger partial charge in [0, 0.05) is 16.6 Å². The molecule has 4 heteroatoms. The summed E-state index contributed by atoms with van der Waals surface area (Å²) in [6.07, 6.45) is 1.73. The molecule has 0 saturated carbocycles. The Labute approximate surface area is 104 Å². The van der Waals surface area contributed by atoms with Crippen molar-refractivity contribution in [1.82, 2.24) is 10.2 Å². The van der Waals surface area contributed by atoms with Crippen LogP contribution in [-0.4, -0.2) is 16.1 Å². The third-order valence-corrected chi connectivity index (χ3v) is 2.74. The number of hydrogen-bond donors (Lipinski definition) is 2. The summed E-state index contributed by atoms with van der Waals surface area (Å²) in [5, 5.41) is 10.6. The maximum Gasteiger partial charge on any atom is 0.255 e. The number of fused-ring (bicyclic) bond motifs is 1. The fourth-order valence-corrected chi connectivity index (χ4v) is 1.80. The van der Waals surface area contributed by atoms with Gasteiger partial charge < -0.3 is 5.32 Å². The predicted octanol–water partition coefficient (Wildman–Crippen LogP) is 2.82.